The Hall–Kier alpha value is -1.18. The number of rotatable bonds is 0. The summed E-state index contributed by atoms with van der Waals surface area (Å²) in [6, 6.07) is 0. The van der Waals surface area contributed by atoms with Gasteiger partial charge in [0.05, 0.1) is 12.5 Å². The minimum absolute atomic E-state index is 0.656. The van der Waals surface area contributed by atoms with E-state index in [1.807, 2.05) is 12.2 Å². The van der Waals surface area contributed by atoms with Gasteiger partial charge in [-0.15, -0.1) is 0 Å². The highest BCUT2D eigenvalue weighted by Gasteiger charge is 2.03. The van der Waals surface area contributed by atoms with Gasteiger partial charge in [0.2, 0.25) is 0 Å². The van der Waals surface area contributed by atoms with Gasteiger partial charge in [0.1, 0.15) is 0 Å². The number of aliphatic hydroxyl groups excluding tert-OH is 2. The Kier molecular flexibility index (Phi) is 2.15. The Balaban J connectivity index is 2.72. The molecule has 2 heteroatoms. The van der Waals surface area contributed by atoms with E-state index in [0.29, 0.717) is 6.42 Å². The molecule has 0 heterocycles. The molecule has 0 unspecified atom stereocenters. The second kappa shape index (κ2) is 3.11. The molecule has 10 heavy (non-hydrogen) atoms. The summed E-state index contributed by atoms with van der Waals surface area (Å²) in [6.07, 6.45) is 7.38. The van der Waals surface area contributed by atoms with Crippen molar-refractivity contribution >= 4 is 0 Å². The van der Waals surface area contributed by atoms with Gasteiger partial charge in [0.25, 0.3) is 0 Å². The first kappa shape index (κ1) is 6.93. The molecule has 0 bridgehead atoms. The first-order valence-electron chi connectivity index (χ1n) is 3.18. The molecule has 0 aliphatic heterocycles. The molecule has 0 atom stereocenters. The van der Waals surface area contributed by atoms with Gasteiger partial charge < -0.3 is 10.2 Å². The van der Waals surface area contributed by atoms with Crippen LogP contribution in [0.5, 0.6) is 0 Å². The second-order valence-electron chi connectivity index (χ2n) is 2.27. The summed E-state index contributed by atoms with van der Waals surface area (Å²) in [5.41, 5.74) is 1.77. The third-order valence-electron chi connectivity index (χ3n) is 1.49. The van der Waals surface area contributed by atoms with Crippen LogP contribution in [0.15, 0.2) is 35.8 Å². The van der Waals surface area contributed by atoms with Crippen molar-refractivity contribution in [1.82, 2.24) is 0 Å². The third kappa shape index (κ3) is 1.41. The van der Waals surface area contributed by atoms with Crippen molar-refractivity contribution in [3.05, 3.63) is 35.8 Å². The molecule has 0 spiro atoms. The average molecular weight is 138 g/mol. The van der Waals surface area contributed by atoms with Crippen LogP contribution in [0.2, 0.25) is 0 Å². The molecular weight excluding hydrogens is 128 g/mol. The molecule has 1 rings (SSSR count). The summed E-state index contributed by atoms with van der Waals surface area (Å²) in [6.45, 7) is 0. The van der Waals surface area contributed by atoms with Crippen LogP contribution in [-0.2, 0) is 0 Å². The smallest absolute Gasteiger partial charge is 0.0826 e. The van der Waals surface area contributed by atoms with E-state index in [1.54, 1.807) is 0 Å². The van der Waals surface area contributed by atoms with E-state index >= 15 is 0 Å². The fourth-order valence-electron chi connectivity index (χ4n) is 0.942. The molecule has 0 saturated heterocycles. The summed E-state index contributed by atoms with van der Waals surface area (Å²) in [5.74, 6) is 0. The first-order valence-corrected chi connectivity index (χ1v) is 3.18. The Labute approximate surface area is 59.8 Å². The van der Waals surface area contributed by atoms with Crippen LogP contribution in [0.1, 0.15) is 12.8 Å². The van der Waals surface area contributed by atoms with Crippen molar-refractivity contribution in [2.75, 3.05) is 0 Å². The van der Waals surface area contributed by atoms with Gasteiger partial charge >= 0.3 is 0 Å². The Morgan fingerprint density at radius 2 is 2.10 bits per heavy atom. The first-order chi connectivity index (χ1) is 4.86. The van der Waals surface area contributed by atoms with E-state index in [2.05, 4.69) is 0 Å². The average Bonchev–Trinajstić information content (AvgIpc) is 2.05. The van der Waals surface area contributed by atoms with E-state index in [-0.39, 0.29) is 0 Å². The van der Waals surface area contributed by atoms with E-state index in [0.717, 1.165) is 30.1 Å². The molecule has 2 nitrogen and oxygen atoms in total. The van der Waals surface area contributed by atoms with Crippen molar-refractivity contribution in [2.45, 2.75) is 12.8 Å². The molecule has 54 valence electrons. The minimum Gasteiger partial charge on any atom is -0.516 e. The topological polar surface area (TPSA) is 40.5 Å². The molecule has 0 aromatic carbocycles. The number of hydrogen-bond acceptors (Lipinski definition) is 2. The van der Waals surface area contributed by atoms with E-state index in [9.17, 15) is 0 Å². The van der Waals surface area contributed by atoms with Crippen LogP contribution in [-0.4, -0.2) is 10.2 Å². The summed E-state index contributed by atoms with van der Waals surface area (Å²) < 4.78 is 0. The fraction of sp³-hybridized carbons (Fsp3) is 0.250. The maximum absolute atomic E-state index is 8.60. The van der Waals surface area contributed by atoms with E-state index in [1.165, 1.54) is 0 Å². The Morgan fingerprint density at radius 1 is 1.30 bits per heavy atom. The second-order valence-corrected chi connectivity index (χ2v) is 2.27. The van der Waals surface area contributed by atoms with Crippen LogP contribution in [0.4, 0.5) is 0 Å². The zero-order valence-corrected chi connectivity index (χ0v) is 5.62. The van der Waals surface area contributed by atoms with Gasteiger partial charge in [-0.25, -0.2) is 0 Å². The lowest BCUT2D eigenvalue weighted by Gasteiger charge is -2.08. The maximum Gasteiger partial charge on any atom is 0.0826 e. The molecule has 1 aliphatic rings. The summed E-state index contributed by atoms with van der Waals surface area (Å²) in [7, 11) is 0. The Morgan fingerprint density at radius 3 is 2.70 bits per heavy atom. The quantitative estimate of drug-likeness (QED) is 0.504. The number of hydrogen-bond donors (Lipinski definition) is 2. The van der Waals surface area contributed by atoms with E-state index < -0.39 is 0 Å². The predicted octanol–water partition coefficient (Wildman–Crippen LogP) is 2.22. The van der Waals surface area contributed by atoms with Gasteiger partial charge in [0, 0.05) is 0 Å². The number of allylic oxidation sites excluding steroid dienone is 4. The fourth-order valence-corrected chi connectivity index (χ4v) is 0.942. The van der Waals surface area contributed by atoms with Crippen LogP contribution in [0, 0.1) is 0 Å². The van der Waals surface area contributed by atoms with Gasteiger partial charge in [-0.2, -0.15) is 0 Å². The van der Waals surface area contributed by atoms with Crippen molar-refractivity contribution in [1.29, 1.82) is 0 Å². The lowest BCUT2D eigenvalue weighted by Crippen LogP contribution is -1.91. The largest absolute Gasteiger partial charge is 0.516 e. The highest BCUT2D eigenvalue weighted by atomic mass is 16.2. The lowest BCUT2D eigenvalue weighted by atomic mass is 9.99. The molecule has 0 radical (unpaired) electrons. The Bertz CT molecular complexity index is 199. The van der Waals surface area contributed by atoms with Crippen molar-refractivity contribution in [3.63, 3.8) is 0 Å². The molecule has 0 fully saturated rings. The predicted molar refractivity (Wildman–Crippen MR) is 39.8 cm³/mol. The molecule has 0 aromatic rings. The summed E-state index contributed by atoms with van der Waals surface area (Å²) in [5, 5.41) is 17.2. The van der Waals surface area contributed by atoms with Crippen molar-refractivity contribution in [2.24, 2.45) is 0 Å². The van der Waals surface area contributed by atoms with Gasteiger partial charge in [-0.05, 0) is 24.0 Å². The SMILES string of the molecule is O/C=C1/C=CC/C(=C\O)C1. The normalized spacial score (nSPS) is 26.0. The molecule has 2 N–H and O–H groups in total. The molecule has 0 aromatic heterocycles. The highest BCUT2D eigenvalue weighted by molar-refractivity contribution is 5.29. The highest BCUT2D eigenvalue weighted by Crippen LogP contribution is 2.20. The third-order valence-corrected chi connectivity index (χ3v) is 1.49. The standard InChI is InChI=1S/C8H10O2/c9-5-7-2-1-3-8(4-7)6-10/h1-2,5-6,9-10H,3-4H2/b7-5-,8-6+. The van der Waals surface area contributed by atoms with Gasteiger partial charge in [-0.1, -0.05) is 12.2 Å². The van der Waals surface area contributed by atoms with Crippen molar-refractivity contribution < 1.29 is 10.2 Å². The zero-order chi connectivity index (χ0) is 7.40. The molecule has 0 saturated carbocycles. The van der Waals surface area contributed by atoms with Gasteiger partial charge in [0.15, 0.2) is 0 Å². The van der Waals surface area contributed by atoms with Crippen LogP contribution < -0.4 is 0 Å². The number of aliphatic hydroxyl groups is 2. The summed E-state index contributed by atoms with van der Waals surface area (Å²) in [4.78, 5) is 0. The molecule has 0 amide bonds. The van der Waals surface area contributed by atoms with Gasteiger partial charge in [-0.3, -0.25) is 0 Å². The van der Waals surface area contributed by atoms with Crippen LogP contribution in [0.3, 0.4) is 0 Å². The summed E-state index contributed by atoms with van der Waals surface area (Å²) >= 11 is 0. The van der Waals surface area contributed by atoms with Crippen LogP contribution >= 0.6 is 0 Å². The van der Waals surface area contributed by atoms with Crippen molar-refractivity contribution in [3.8, 4) is 0 Å². The zero-order valence-electron chi connectivity index (χ0n) is 5.62. The minimum atomic E-state index is 0.656. The monoisotopic (exact) mass is 138 g/mol. The maximum atomic E-state index is 8.60. The molecule has 1 aliphatic carbocycles. The van der Waals surface area contributed by atoms with Crippen LogP contribution in [0.25, 0.3) is 0 Å². The lowest BCUT2D eigenvalue weighted by molar-refractivity contribution is 0.458. The van der Waals surface area contributed by atoms with E-state index in [4.69, 9.17) is 10.2 Å². The molecular formula is C8H10O2.